The molecular weight excluding hydrogens is 258 g/mol. The van der Waals surface area contributed by atoms with Crippen LogP contribution in [0, 0.1) is 0 Å². The molecule has 2 aromatic heterocycles. The Bertz CT molecular complexity index is 484. The number of rotatable bonds is 2. The van der Waals surface area contributed by atoms with Crippen molar-refractivity contribution in [2.45, 2.75) is 18.9 Å². The zero-order chi connectivity index (χ0) is 10.8. The lowest BCUT2D eigenvalue weighted by Crippen LogP contribution is -2.34. The molecule has 4 nitrogen and oxygen atoms in total. The van der Waals surface area contributed by atoms with Crippen molar-refractivity contribution in [1.82, 2.24) is 15.3 Å². The van der Waals surface area contributed by atoms with Gasteiger partial charge in [-0.05, 0) is 37.4 Å². The standard InChI is InChI=1S/C11H13N3OS.ClH/c1-4-12-5-2-8(1)15-11-10-9(3-6-16-10)13-7-14-11;/h3,6-8,12H,1-2,4-5H2;1H. The van der Waals surface area contributed by atoms with Crippen molar-refractivity contribution in [1.29, 1.82) is 0 Å². The van der Waals surface area contributed by atoms with Gasteiger partial charge in [-0.25, -0.2) is 9.97 Å². The Kier molecular flexibility index (Phi) is 4.15. The lowest BCUT2D eigenvalue weighted by atomic mass is 10.1. The van der Waals surface area contributed by atoms with Gasteiger partial charge in [-0.2, -0.15) is 0 Å². The van der Waals surface area contributed by atoms with Gasteiger partial charge in [0.15, 0.2) is 0 Å². The molecule has 0 aromatic carbocycles. The van der Waals surface area contributed by atoms with Gasteiger partial charge in [0.1, 0.15) is 17.1 Å². The highest BCUT2D eigenvalue weighted by Gasteiger charge is 2.16. The van der Waals surface area contributed by atoms with Crippen LogP contribution in [0.15, 0.2) is 17.8 Å². The zero-order valence-corrected chi connectivity index (χ0v) is 10.9. The Morgan fingerprint density at radius 3 is 2.94 bits per heavy atom. The highest BCUT2D eigenvalue weighted by atomic mass is 35.5. The first-order valence-corrected chi connectivity index (χ1v) is 6.37. The molecule has 1 aliphatic rings. The van der Waals surface area contributed by atoms with Crippen LogP contribution in [0.5, 0.6) is 5.88 Å². The number of hydrogen-bond acceptors (Lipinski definition) is 5. The summed E-state index contributed by atoms with van der Waals surface area (Å²) in [6.45, 7) is 2.06. The van der Waals surface area contributed by atoms with E-state index in [0.29, 0.717) is 6.10 Å². The molecule has 92 valence electrons. The highest BCUT2D eigenvalue weighted by molar-refractivity contribution is 7.17. The fourth-order valence-corrected chi connectivity index (χ4v) is 2.70. The van der Waals surface area contributed by atoms with Gasteiger partial charge < -0.3 is 10.1 Å². The van der Waals surface area contributed by atoms with Gasteiger partial charge in [-0.1, -0.05) is 0 Å². The number of piperidine rings is 1. The summed E-state index contributed by atoms with van der Waals surface area (Å²) in [7, 11) is 0. The predicted octanol–water partition coefficient (Wildman–Crippen LogP) is 2.24. The Hall–Kier alpha value is -0.910. The summed E-state index contributed by atoms with van der Waals surface area (Å²) in [4.78, 5) is 8.43. The number of fused-ring (bicyclic) bond motifs is 1. The van der Waals surface area contributed by atoms with E-state index in [1.165, 1.54) is 0 Å². The summed E-state index contributed by atoms with van der Waals surface area (Å²) >= 11 is 1.64. The monoisotopic (exact) mass is 271 g/mol. The molecule has 0 aliphatic carbocycles. The molecule has 0 radical (unpaired) electrons. The molecule has 2 aromatic rings. The van der Waals surface area contributed by atoms with E-state index in [-0.39, 0.29) is 12.4 Å². The van der Waals surface area contributed by atoms with E-state index in [1.54, 1.807) is 17.7 Å². The number of thiophene rings is 1. The lowest BCUT2D eigenvalue weighted by Gasteiger charge is -2.23. The maximum Gasteiger partial charge on any atom is 0.235 e. The molecular formula is C11H14ClN3OS. The molecule has 17 heavy (non-hydrogen) atoms. The summed E-state index contributed by atoms with van der Waals surface area (Å²) in [6.07, 6.45) is 3.97. The van der Waals surface area contributed by atoms with Crippen molar-refractivity contribution in [2.75, 3.05) is 13.1 Å². The highest BCUT2D eigenvalue weighted by Crippen LogP contribution is 2.28. The largest absolute Gasteiger partial charge is 0.473 e. The third-order valence-corrected chi connectivity index (χ3v) is 3.67. The van der Waals surface area contributed by atoms with Crippen molar-refractivity contribution in [2.24, 2.45) is 0 Å². The van der Waals surface area contributed by atoms with Crippen LogP contribution in [0.4, 0.5) is 0 Å². The van der Waals surface area contributed by atoms with Gasteiger partial charge >= 0.3 is 0 Å². The Morgan fingerprint density at radius 2 is 2.12 bits per heavy atom. The normalized spacial score (nSPS) is 16.7. The quantitative estimate of drug-likeness (QED) is 0.910. The average Bonchev–Trinajstić information content (AvgIpc) is 2.80. The van der Waals surface area contributed by atoms with E-state index in [4.69, 9.17) is 4.74 Å². The van der Waals surface area contributed by atoms with E-state index in [1.807, 2.05) is 11.4 Å². The summed E-state index contributed by atoms with van der Waals surface area (Å²) in [6, 6.07) is 2.00. The van der Waals surface area contributed by atoms with Crippen LogP contribution < -0.4 is 10.1 Å². The van der Waals surface area contributed by atoms with Crippen LogP contribution in [0.1, 0.15) is 12.8 Å². The summed E-state index contributed by atoms with van der Waals surface area (Å²) < 4.78 is 7.00. The van der Waals surface area contributed by atoms with Crippen LogP contribution >= 0.6 is 23.7 Å². The van der Waals surface area contributed by atoms with Gasteiger partial charge in [0, 0.05) is 0 Å². The van der Waals surface area contributed by atoms with Crippen LogP contribution in [0.2, 0.25) is 0 Å². The van der Waals surface area contributed by atoms with E-state index in [2.05, 4.69) is 15.3 Å². The molecule has 1 saturated heterocycles. The Balaban J connectivity index is 0.00000108. The molecule has 3 rings (SSSR count). The molecule has 1 aliphatic heterocycles. The van der Waals surface area contributed by atoms with Crippen molar-refractivity contribution in [3.8, 4) is 5.88 Å². The van der Waals surface area contributed by atoms with Gasteiger partial charge in [0.05, 0.1) is 5.52 Å². The number of ether oxygens (including phenoxy) is 1. The van der Waals surface area contributed by atoms with Crippen molar-refractivity contribution >= 4 is 34.0 Å². The molecule has 0 unspecified atom stereocenters. The number of aromatic nitrogens is 2. The fourth-order valence-electron chi connectivity index (χ4n) is 1.92. The number of nitrogens with zero attached hydrogens (tertiary/aromatic N) is 2. The second kappa shape index (κ2) is 5.62. The first-order chi connectivity index (χ1) is 7.93. The number of nitrogens with one attached hydrogen (secondary N) is 1. The third-order valence-electron chi connectivity index (χ3n) is 2.77. The second-order valence-corrected chi connectivity index (χ2v) is 4.80. The van der Waals surface area contributed by atoms with Crippen LogP contribution in [0.3, 0.4) is 0 Å². The lowest BCUT2D eigenvalue weighted by molar-refractivity contribution is 0.158. The van der Waals surface area contributed by atoms with Crippen LogP contribution in [0.25, 0.3) is 10.2 Å². The second-order valence-electron chi connectivity index (χ2n) is 3.88. The smallest absolute Gasteiger partial charge is 0.235 e. The van der Waals surface area contributed by atoms with Crippen molar-refractivity contribution in [3.63, 3.8) is 0 Å². The molecule has 0 bridgehead atoms. The van der Waals surface area contributed by atoms with E-state index >= 15 is 0 Å². The molecule has 0 spiro atoms. The maximum absolute atomic E-state index is 5.95. The SMILES string of the molecule is Cl.c1nc(OC2CCNCC2)c2sccc2n1. The predicted molar refractivity (Wildman–Crippen MR) is 71.2 cm³/mol. The molecule has 0 atom stereocenters. The van der Waals surface area contributed by atoms with Gasteiger partial charge in [0.2, 0.25) is 5.88 Å². The summed E-state index contributed by atoms with van der Waals surface area (Å²) in [5.41, 5.74) is 0.976. The molecule has 1 fully saturated rings. The minimum Gasteiger partial charge on any atom is -0.473 e. The van der Waals surface area contributed by atoms with E-state index in [9.17, 15) is 0 Å². The molecule has 1 N–H and O–H groups in total. The van der Waals surface area contributed by atoms with E-state index in [0.717, 1.165) is 42.0 Å². The molecule has 6 heteroatoms. The van der Waals surface area contributed by atoms with Crippen LogP contribution in [-0.2, 0) is 0 Å². The number of halogens is 1. The van der Waals surface area contributed by atoms with E-state index < -0.39 is 0 Å². The maximum atomic E-state index is 5.95. The van der Waals surface area contributed by atoms with Gasteiger partial charge in [-0.15, -0.1) is 23.7 Å². The fraction of sp³-hybridized carbons (Fsp3) is 0.455. The Morgan fingerprint density at radius 1 is 1.29 bits per heavy atom. The van der Waals surface area contributed by atoms with Gasteiger partial charge in [0.25, 0.3) is 0 Å². The van der Waals surface area contributed by atoms with Gasteiger partial charge in [-0.3, -0.25) is 0 Å². The third kappa shape index (κ3) is 2.68. The molecule has 3 heterocycles. The first kappa shape index (κ1) is 12.5. The minimum atomic E-state index is 0. The van der Waals surface area contributed by atoms with Crippen molar-refractivity contribution in [3.05, 3.63) is 17.8 Å². The number of hydrogen-bond donors (Lipinski definition) is 1. The Labute approximate surface area is 110 Å². The minimum absolute atomic E-state index is 0. The zero-order valence-electron chi connectivity index (χ0n) is 9.26. The van der Waals surface area contributed by atoms with Crippen molar-refractivity contribution < 1.29 is 4.74 Å². The average molecular weight is 272 g/mol. The summed E-state index contributed by atoms with van der Waals surface area (Å²) in [5, 5.41) is 5.34. The first-order valence-electron chi connectivity index (χ1n) is 5.49. The summed E-state index contributed by atoms with van der Waals surface area (Å²) in [5.74, 6) is 0.742. The topological polar surface area (TPSA) is 47.0 Å². The molecule has 0 amide bonds. The van der Waals surface area contributed by atoms with Crippen LogP contribution in [-0.4, -0.2) is 29.2 Å². The molecule has 0 saturated carbocycles.